The van der Waals surface area contributed by atoms with Crippen molar-refractivity contribution in [2.75, 3.05) is 39.3 Å². The third-order valence-electron chi connectivity index (χ3n) is 6.29. The van der Waals surface area contributed by atoms with E-state index >= 15 is 0 Å². The zero-order valence-corrected chi connectivity index (χ0v) is 21.4. The number of rotatable bonds is 8. The van der Waals surface area contributed by atoms with E-state index in [9.17, 15) is 0 Å². The normalized spacial score (nSPS) is 19.5. The molecule has 176 valence electrons. The lowest BCUT2D eigenvalue weighted by molar-refractivity contribution is 0.191. The molecule has 32 heavy (non-hydrogen) atoms. The molecule has 1 fully saturated rings. The number of likely N-dealkylation sites (tertiary alicyclic amines) is 1. The maximum Gasteiger partial charge on any atom is 0.191 e. The summed E-state index contributed by atoms with van der Waals surface area (Å²) >= 11 is 0. The highest BCUT2D eigenvalue weighted by molar-refractivity contribution is 14.0. The van der Waals surface area contributed by atoms with Crippen LogP contribution in [0.5, 0.6) is 5.75 Å². The Hall–Kier alpha value is -1.74. The molecule has 2 aliphatic rings. The van der Waals surface area contributed by atoms with Crippen LogP contribution in [-0.2, 0) is 6.42 Å². The van der Waals surface area contributed by atoms with E-state index in [0.29, 0.717) is 0 Å². The Kier molecular flexibility index (Phi) is 10.2. The van der Waals surface area contributed by atoms with Gasteiger partial charge in [0.15, 0.2) is 5.96 Å². The second-order valence-corrected chi connectivity index (χ2v) is 8.74. The molecule has 2 aromatic rings. The first-order valence-corrected chi connectivity index (χ1v) is 11.8. The number of hydrogen-bond acceptors (Lipinski definition) is 4. The molecule has 1 atom stereocenters. The number of benzene rings is 1. The van der Waals surface area contributed by atoms with E-state index in [1.54, 1.807) is 6.26 Å². The van der Waals surface area contributed by atoms with Gasteiger partial charge in [-0.05, 0) is 63.0 Å². The Morgan fingerprint density at radius 3 is 2.78 bits per heavy atom. The van der Waals surface area contributed by atoms with E-state index in [1.807, 2.05) is 24.3 Å². The summed E-state index contributed by atoms with van der Waals surface area (Å²) in [6.07, 6.45) is 7.24. The van der Waals surface area contributed by atoms with Crippen molar-refractivity contribution < 1.29 is 9.15 Å². The number of guanidine groups is 1. The fourth-order valence-corrected chi connectivity index (χ4v) is 4.34. The van der Waals surface area contributed by atoms with Gasteiger partial charge in [0.1, 0.15) is 11.5 Å². The van der Waals surface area contributed by atoms with Gasteiger partial charge >= 0.3 is 0 Å². The summed E-state index contributed by atoms with van der Waals surface area (Å²) in [6.45, 7) is 8.30. The van der Waals surface area contributed by atoms with Gasteiger partial charge in [-0.15, -0.1) is 24.0 Å². The van der Waals surface area contributed by atoms with Crippen LogP contribution >= 0.6 is 24.0 Å². The number of ether oxygens (including phenoxy) is 1. The lowest BCUT2D eigenvalue weighted by Gasteiger charge is -2.30. The molecule has 6 nitrogen and oxygen atoms in total. The first-order chi connectivity index (χ1) is 15.3. The van der Waals surface area contributed by atoms with Gasteiger partial charge in [-0.25, -0.2) is 0 Å². The predicted molar refractivity (Wildman–Crippen MR) is 140 cm³/mol. The minimum Gasteiger partial charge on any atom is -0.493 e. The lowest BCUT2D eigenvalue weighted by atomic mass is 9.99. The highest BCUT2D eigenvalue weighted by atomic mass is 127. The maximum absolute atomic E-state index is 5.82. The van der Waals surface area contributed by atoms with Gasteiger partial charge in [0.2, 0.25) is 0 Å². The summed E-state index contributed by atoms with van der Waals surface area (Å²) in [4.78, 5) is 7.49. The zero-order chi connectivity index (χ0) is 21.3. The number of furan rings is 1. The average Bonchev–Trinajstić information content (AvgIpc) is 3.31. The van der Waals surface area contributed by atoms with Gasteiger partial charge in [0.25, 0.3) is 0 Å². The molecule has 0 amide bonds. The highest BCUT2D eigenvalue weighted by Crippen LogP contribution is 2.31. The van der Waals surface area contributed by atoms with Crippen LogP contribution in [0.3, 0.4) is 0 Å². The van der Waals surface area contributed by atoms with E-state index in [4.69, 9.17) is 14.1 Å². The molecule has 0 radical (unpaired) electrons. The van der Waals surface area contributed by atoms with Crippen LogP contribution in [0.15, 0.2) is 52.1 Å². The topological polar surface area (TPSA) is 62.0 Å². The molecule has 1 unspecified atom stereocenters. The Bertz CT molecular complexity index is 819. The minimum absolute atomic E-state index is 0. The van der Waals surface area contributed by atoms with E-state index in [0.717, 1.165) is 68.9 Å². The fraction of sp³-hybridized carbons (Fsp3) is 0.560. The summed E-state index contributed by atoms with van der Waals surface area (Å²) < 4.78 is 11.3. The summed E-state index contributed by atoms with van der Waals surface area (Å²) in [5.41, 5.74) is 1.21. The van der Waals surface area contributed by atoms with Crippen molar-refractivity contribution in [3.63, 3.8) is 0 Å². The second-order valence-electron chi connectivity index (χ2n) is 8.74. The smallest absolute Gasteiger partial charge is 0.191 e. The zero-order valence-electron chi connectivity index (χ0n) is 19.1. The van der Waals surface area contributed by atoms with Crippen molar-refractivity contribution in [2.45, 2.75) is 45.1 Å². The van der Waals surface area contributed by atoms with Crippen LogP contribution in [-0.4, -0.2) is 50.2 Å². The van der Waals surface area contributed by atoms with Crippen LogP contribution in [0.1, 0.15) is 50.0 Å². The van der Waals surface area contributed by atoms with Crippen LogP contribution in [0, 0.1) is 5.92 Å². The molecule has 1 aromatic heterocycles. The lowest BCUT2D eigenvalue weighted by Crippen LogP contribution is -2.42. The summed E-state index contributed by atoms with van der Waals surface area (Å²) in [6, 6.07) is 12.4. The molecule has 1 aromatic carbocycles. The first-order valence-electron chi connectivity index (χ1n) is 11.8. The maximum atomic E-state index is 5.82. The molecule has 1 saturated heterocycles. The second kappa shape index (κ2) is 13.1. The largest absolute Gasteiger partial charge is 0.493 e. The molecular formula is C25H37IN4O2. The Balaban J connectivity index is 0.00000289. The van der Waals surface area contributed by atoms with Gasteiger partial charge < -0.3 is 24.7 Å². The van der Waals surface area contributed by atoms with Gasteiger partial charge in [-0.3, -0.25) is 4.99 Å². The molecule has 4 rings (SSSR count). The van der Waals surface area contributed by atoms with E-state index in [-0.39, 0.29) is 30.0 Å². The Morgan fingerprint density at radius 1 is 1.12 bits per heavy atom. The summed E-state index contributed by atoms with van der Waals surface area (Å²) in [5, 5.41) is 7.16. The Morgan fingerprint density at radius 2 is 1.97 bits per heavy atom. The first kappa shape index (κ1) is 24.9. The SMILES string of the molecule is CC1CCN(CCCN=C(NCCc2ccco2)NC2CCOc3ccccc32)CC1.I. The number of hydrogen-bond donors (Lipinski definition) is 2. The third kappa shape index (κ3) is 7.40. The average molecular weight is 553 g/mol. The fourth-order valence-electron chi connectivity index (χ4n) is 4.34. The third-order valence-corrected chi connectivity index (χ3v) is 6.29. The van der Waals surface area contributed by atoms with Crippen LogP contribution in [0.2, 0.25) is 0 Å². The van der Waals surface area contributed by atoms with E-state index in [2.05, 4.69) is 34.6 Å². The van der Waals surface area contributed by atoms with Gasteiger partial charge in [0.05, 0.1) is 18.9 Å². The van der Waals surface area contributed by atoms with Gasteiger partial charge in [0, 0.05) is 31.5 Å². The van der Waals surface area contributed by atoms with E-state index in [1.165, 1.54) is 31.5 Å². The number of nitrogens with one attached hydrogen (secondary N) is 2. The number of fused-ring (bicyclic) bond motifs is 1. The molecule has 0 aliphatic carbocycles. The number of nitrogens with zero attached hydrogens (tertiary/aromatic N) is 2. The molecule has 3 heterocycles. The van der Waals surface area contributed by atoms with E-state index < -0.39 is 0 Å². The monoisotopic (exact) mass is 552 g/mol. The molecule has 2 N–H and O–H groups in total. The molecule has 0 spiro atoms. The quantitative estimate of drug-likeness (QED) is 0.217. The predicted octanol–water partition coefficient (Wildman–Crippen LogP) is 4.62. The summed E-state index contributed by atoms with van der Waals surface area (Å²) in [5.74, 6) is 3.72. The van der Waals surface area contributed by atoms with Crippen molar-refractivity contribution in [3.05, 3.63) is 54.0 Å². The number of halogens is 1. The number of aliphatic imine (C=N–C) groups is 1. The molecule has 7 heteroatoms. The number of para-hydroxylation sites is 1. The Labute approximate surface area is 209 Å². The van der Waals surface area contributed by atoms with Crippen LogP contribution < -0.4 is 15.4 Å². The van der Waals surface area contributed by atoms with Crippen molar-refractivity contribution in [1.82, 2.24) is 15.5 Å². The van der Waals surface area contributed by atoms with Crippen molar-refractivity contribution in [1.29, 1.82) is 0 Å². The van der Waals surface area contributed by atoms with Crippen molar-refractivity contribution in [2.24, 2.45) is 10.9 Å². The minimum atomic E-state index is 0. The highest BCUT2D eigenvalue weighted by Gasteiger charge is 2.22. The van der Waals surface area contributed by atoms with Gasteiger partial charge in [-0.2, -0.15) is 0 Å². The standard InChI is InChI=1S/C25H36N4O2.HI/c1-20-10-16-29(17-11-20)15-5-13-26-25(27-14-9-21-6-4-18-30-21)28-23-12-19-31-24-8-3-2-7-22(23)24;/h2-4,6-8,18,20,23H,5,9-17,19H2,1H3,(H2,26,27,28);1H. The molecule has 2 aliphatic heterocycles. The van der Waals surface area contributed by atoms with Crippen LogP contribution in [0.4, 0.5) is 0 Å². The van der Waals surface area contributed by atoms with Crippen molar-refractivity contribution in [3.8, 4) is 5.75 Å². The number of piperidine rings is 1. The molecule has 0 bridgehead atoms. The summed E-state index contributed by atoms with van der Waals surface area (Å²) in [7, 11) is 0. The van der Waals surface area contributed by atoms with Gasteiger partial charge in [-0.1, -0.05) is 25.1 Å². The molecule has 0 saturated carbocycles. The van der Waals surface area contributed by atoms with Crippen LogP contribution in [0.25, 0.3) is 0 Å². The molecular weight excluding hydrogens is 515 g/mol. The van der Waals surface area contributed by atoms with Crippen molar-refractivity contribution >= 4 is 29.9 Å².